The van der Waals surface area contributed by atoms with Crippen LogP contribution in [0.2, 0.25) is 0 Å². The van der Waals surface area contributed by atoms with Crippen molar-refractivity contribution >= 4 is 17.5 Å². The summed E-state index contributed by atoms with van der Waals surface area (Å²) in [7, 11) is 4.51. The number of methoxy groups -OCH3 is 3. The second kappa shape index (κ2) is 9.49. The highest BCUT2D eigenvalue weighted by atomic mass is 16.5. The lowest BCUT2D eigenvalue weighted by atomic mass is 10.0. The molecule has 0 bridgehead atoms. The topological polar surface area (TPSA) is 97.3 Å². The van der Waals surface area contributed by atoms with Crippen LogP contribution in [-0.4, -0.2) is 51.4 Å². The molecule has 0 unspecified atom stereocenters. The second-order valence-corrected chi connectivity index (χ2v) is 6.94. The van der Waals surface area contributed by atoms with Crippen molar-refractivity contribution in [1.29, 1.82) is 0 Å². The Balaban J connectivity index is 1.77. The quantitative estimate of drug-likeness (QED) is 0.685. The molecule has 2 atom stereocenters. The van der Waals surface area contributed by atoms with Crippen molar-refractivity contribution in [2.75, 3.05) is 39.4 Å². The van der Waals surface area contributed by atoms with Gasteiger partial charge in [-0.2, -0.15) is 0 Å². The molecule has 2 N–H and O–H groups in total. The van der Waals surface area contributed by atoms with Crippen LogP contribution >= 0.6 is 0 Å². The van der Waals surface area contributed by atoms with Crippen LogP contribution < -0.4 is 24.4 Å². The van der Waals surface area contributed by atoms with Crippen molar-refractivity contribution in [2.24, 2.45) is 5.92 Å². The maximum Gasteiger partial charge on any atom is 0.227 e. The third kappa shape index (κ3) is 4.33. The molecule has 3 rings (SSSR count). The van der Waals surface area contributed by atoms with Gasteiger partial charge in [0.25, 0.3) is 0 Å². The van der Waals surface area contributed by atoms with Crippen molar-refractivity contribution < 1.29 is 28.9 Å². The van der Waals surface area contributed by atoms with Crippen molar-refractivity contribution in [3.8, 4) is 17.2 Å². The van der Waals surface area contributed by atoms with E-state index >= 15 is 0 Å². The van der Waals surface area contributed by atoms with E-state index in [1.165, 1.54) is 26.2 Å². The summed E-state index contributed by atoms with van der Waals surface area (Å²) in [5.74, 6) is 0.299. The molecule has 0 saturated carbocycles. The molecule has 0 radical (unpaired) electrons. The number of hydrogen-bond donors (Lipinski definition) is 2. The van der Waals surface area contributed by atoms with Gasteiger partial charge in [0.15, 0.2) is 11.5 Å². The van der Waals surface area contributed by atoms with E-state index in [2.05, 4.69) is 5.32 Å². The van der Waals surface area contributed by atoms with E-state index in [0.29, 0.717) is 22.9 Å². The van der Waals surface area contributed by atoms with E-state index in [1.807, 2.05) is 30.3 Å². The highest BCUT2D eigenvalue weighted by molar-refractivity contribution is 6.00. The molecule has 1 saturated heterocycles. The van der Waals surface area contributed by atoms with Gasteiger partial charge >= 0.3 is 0 Å². The predicted octanol–water partition coefficient (Wildman–Crippen LogP) is 1.92. The zero-order valence-electron chi connectivity index (χ0n) is 17.3. The minimum atomic E-state index is -0.533. The number of rotatable bonds is 8. The molecule has 1 heterocycles. The van der Waals surface area contributed by atoms with Crippen molar-refractivity contribution in [1.82, 2.24) is 5.32 Å². The number of anilines is 1. The summed E-state index contributed by atoms with van der Waals surface area (Å²) in [4.78, 5) is 27.0. The Bertz CT molecular complexity index is 877. The van der Waals surface area contributed by atoms with Crippen LogP contribution in [0.3, 0.4) is 0 Å². The van der Waals surface area contributed by atoms with Gasteiger partial charge in [0.1, 0.15) is 0 Å². The van der Waals surface area contributed by atoms with Gasteiger partial charge in [-0.25, -0.2) is 0 Å². The zero-order valence-corrected chi connectivity index (χ0v) is 17.3. The fourth-order valence-electron chi connectivity index (χ4n) is 3.57. The fourth-order valence-corrected chi connectivity index (χ4v) is 3.57. The highest BCUT2D eigenvalue weighted by Gasteiger charge is 2.36. The molecule has 8 nitrogen and oxygen atoms in total. The number of hydrogen-bond acceptors (Lipinski definition) is 6. The molecule has 2 aromatic rings. The van der Waals surface area contributed by atoms with E-state index in [-0.39, 0.29) is 31.4 Å². The first-order chi connectivity index (χ1) is 14.5. The van der Waals surface area contributed by atoms with E-state index < -0.39 is 12.0 Å². The molecule has 2 amide bonds. The largest absolute Gasteiger partial charge is 0.493 e. The lowest BCUT2D eigenvalue weighted by molar-refractivity contribution is -0.127. The Kier molecular flexibility index (Phi) is 6.79. The Morgan fingerprint density at radius 2 is 1.77 bits per heavy atom. The van der Waals surface area contributed by atoms with Gasteiger partial charge in [0.05, 0.1) is 45.6 Å². The first-order valence-corrected chi connectivity index (χ1v) is 9.58. The number of ether oxygens (including phenoxy) is 3. The van der Waals surface area contributed by atoms with Crippen LogP contribution in [0.1, 0.15) is 18.0 Å². The van der Waals surface area contributed by atoms with Crippen molar-refractivity contribution in [3.05, 3.63) is 48.0 Å². The van der Waals surface area contributed by atoms with Crippen LogP contribution in [0.4, 0.5) is 5.69 Å². The molecule has 0 aliphatic carbocycles. The Labute approximate surface area is 175 Å². The van der Waals surface area contributed by atoms with Gasteiger partial charge in [0, 0.05) is 25.1 Å². The Morgan fingerprint density at radius 3 is 2.30 bits per heavy atom. The summed E-state index contributed by atoms with van der Waals surface area (Å²) < 4.78 is 16.0. The second-order valence-electron chi connectivity index (χ2n) is 6.94. The van der Waals surface area contributed by atoms with E-state index in [1.54, 1.807) is 12.1 Å². The predicted molar refractivity (Wildman–Crippen MR) is 111 cm³/mol. The monoisotopic (exact) mass is 414 g/mol. The Hall–Kier alpha value is -3.26. The number of carbonyl (C=O) groups is 2. The highest BCUT2D eigenvalue weighted by Crippen LogP contribution is 2.42. The SMILES string of the molecule is COc1cc(N2C[C@H](C(=O)N[C@H](CO)c3ccccc3)CC2=O)cc(OC)c1OC. The minimum absolute atomic E-state index is 0.0788. The van der Waals surface area contributed by atoms with E-state index in [4.69, 9.17) is 14.2 Å². The number of amides is 2. The normalized spacial score (nSPS) is 16.9. The molecule has 1 fully saturated rings. The fraction of sp³-hybridized carbons (Fsp3) is 0.364. The van der Waals surface area contributed by atoms with E-state index in [9.17, 15) is 14.7 Å². The van der Waals surface area contributed by atoms with Crippen LogP contribution in [-0.2, 0) is 9.59 Å². The minimum Gasteiger partial charge on any atom is -0.493 e. The molecule has 8 heteroatoms. The molecule has 0 spiro atoms. The summed E-state index contributed by atoms with van der Waals surface area (Å²) in [6.45, 7) is -0.0107. The van der Waals surface area contributed by atoms with Gasteiger partial charge < -0.3 is 29.5 Å². The van der Waals surface area contributed by atoms with E-state index in [0.717, 1.165) is 5.56 Å². The smallest absolute Gasteiger partial charge is 0.227 e. The molecule has 0 aromatic heterocycles. The van der Waals surface area contributed by atoms with Crippen LogP contribution in [0.5, 0.6) is 17.2 Å². The molecule has 1 aliphatic rings. The van der Waals surface area contributed by atoms with Gasteiger partial charge in [0.2, 0.25) is 17.6 Å². The average molecular weight is 414 g/mol. The zero-order chi connectivity index (χ0) is 21.7. The lowest BCUT2D eigenvalue weighted by Gasteiger charge is -2.21. The number of carbonyl (C=O) groups excluding carboxylic acids is 2. The number of aliphatic hydroxyl groups excluding tert-OH is 1. The molecule has 2 aromatic carbocycles. The summed E-state index contributed by atoms with van der Waals surface area (Å²) in [5, 5.41) is 12.5. The summed E-state index contributed by atoms with van der Waals surface area (Å²) in [6, 6.07) is 12.1. The summed E-state index contributed by atoms with van der Waals surface area (Å²) >= 11 is 0. The Morgan fingerprint density at radius 1 is 1.13 bits per heavy atom. The van der Waals surface area contributed by atoms with Crippen molar-refractivity contribution in [3.63, 3.8) is 0 Å². The maximum atomic E-state index is 12.8. The van der Waals surface area contributed by atoms with Gasteiger partial charge in [-0.15, -0.1) is 0 Å². The first-order valence-electron chi connectivity index (χ1n) is 9.58. The third-order valence-corrected chi connectivity index (χ3v) is 5.16. The number of nitrogens with zero attached hydrogens (tertiary/aromatic N) is 1. The molecule has 30 heavy (non-hydrogen) atoms. The number of nitrogens with one attached hydrogen (secondary N) is 1. The van der Waals surface area contributed by atoms with Crippen molar-refractivity contribution in [2.45, 2.75) is 12.5 Å². The van der Waals surface area contributed by atoms with Crippen LogP contribution in [0.15, 0.2) is 42.5 Å². The number of benzene rings is 2. The van der Waals surface area contributed by atoms with Crippen LogP contribution in [0, 0.1) is 5.92 Å². The summed E-state index contributed by atoms with van der Waals surface area (Å²) in [6.07, 6.45) is 0.0788. The lowest BCUT2D eigenvalue weighted by Crippen LogP contribution is -2.37. The maximum absolute atomic E-state index is 12.8. The standard InChI is InChI=1S/C22H26N2O6/c1-28-18-10-16(11-19(29-2)21(18)30-3)24-12-15(9-20(24)26)22(27)23-17(13-25)14-7-5-4-6-8-14/h4-8,10-11,15,17,25H,9,12-13H2,1-3H3,(H,23,27)/t15-,17-/m1/s1. The number of aliphatic hydroxyl groups is 1. The molecular weight excluding hydrogens is 388 g/mol. The third-order valence-electron chi connectivity index (χ3n) is 5.16. The first kappa shape index (κ1) is 21.4. The molecule has 1 aliphatic heterocycles. The van der Waals surface area contributed by atoms with Gasteiger partial charge in [-0.05, 0) is 5.56 Å². The van der Waals surface area contributed by atoms with Crippen LogP contribution in [0.25, 0.3) is 0 Å². The molecular formula is C22H26N2O6. The summed E-state index contributed by atoms with van der Waals surface area (Å²) in [5.41, 5.74) is 1.37. The van der Waals surface area contributed by atoms with Gasteiger partial charge in [-0.3, -0.25) is 9.59 Å². The van der Waals surface area contributed by atoms with Gasteiger partial charge in [-0.1, -0.05) is 30.3 Å². The molecule has 160 valence electrons. The average Bonchev–Trinajstić information content (AvgIpc) is 3.18.